The Morgan fingerprint density at radius 1 is 0.850 bits per heavy atom. The summed E-state index contributed by atoms with van der Waals surface area (Å²) in [7, 11) is 1.60. The number of carbonyl (C=O) groups is 2. The number of benzene rings is 3. The van der Waals surface area contributed by atoms with Gasteiger partial charge in [-0.25, -0.2) is 4.79 Å². The average Bonchev–Trinajstić information content (AvgIpc) is 4.03. The van der Waals surface area contributed by atoms with Crippen molar-refractivity contribution in [2.45, 2.75) is 122 Å². The van der Waals surface area contributed by atoms with E-state index in [0.29, 0.717) is 41.4 Å². The summed E-state index contributed by atoms with van der Waals surface area (Å²) in [6, 6.07) is 26.3. The summed E-state index contributed by atoms with van der Waals surface area (Å²) >= 11 is 3.60. The average molecular weight is 853 g/mol. The summed E-state index contributed by atoms with van der Waals surface area (Å²) in [5, 5.41) is 6.05. The first-order valence-electron chi connectivity index (χ1n) is 21.6. The van der Waals surface area contributed by atoms with Crippen LogP contribution in [0.3, 0.4) is 0 Å². The standard InChI is InChI=1S/C29H34N2O4S.C19H26N2O2S/c1-29(2)34-25-16-20(15-24(33-3)27(25)35-29)28(32)30(17-22-11-7-13-31(22)21-9-6-10-21)18-23-14-19-8-4-5-12-26(19)36-23;1-19(2,3)23-18(22)21-10-6-8-15(21)12-20-13-16-11-14-7-4-5-9-17(14)24-16/h4-5,8,12,14-16,21-22H,6-7,9-11,13,17-18H2,1-3H3;4-5,7,9,11,15,20H,6,8,10,12-13H2,1-3H3/t22-;15-/m00/s1. The SMILES string of the molecule is CC(C)(C)OC(=O)N1CCC[C@H]1CNCc1cc2ccccc2s1.COc1cc(C(=O)N(Cc2cc3ccccc3s2)C[C@@H]2CCCN2C2CCC2)cc2c1OC(C)(C)O2. The summed E-state index contributed by atoms with van der Waals surface area (Å²) in [6.07, 6.45) is 8.16. The largest absolute Gasteiger partial charge is 0.493 e. The van der Waals surface area contributed by atoms with E-state index in [-0.39, 0.29) is 18.0 Å². The third-order valence-corrected chi connectivity index (χ3v) is 14.1. The van der Waals surface area contributed by atoms with Gasteiger partial charge in [0, 0.05) is 82.9 Å². The van der Waals surface area contributed by atoms with Gasteiger partial charge < -0.3 is 34.1 Å². The molecule has 2 atom stereocenters. The van der Waals surface area contributed by atoms with Gasteiger partial charge in [-0.15, -0.1) is 22.7 Å². The maximum atomic E-state index is 14.1. The minimum atomic E-state index is -0.791. The molecule has 5 heterocycles. The first-order valence-corrected chi connectivity index (χ1v) is 23.3. The maximum Gasteiger partial charge on any atom is 0.410 e. The predicted octanol–water partition coefficient (Wildman–Crippen LogP) is 10.5. The fourth-order valence-electron chi connectivity index (χ4n) is 8.87. The highest BCUT2D eigenvalue weighted by atomic mass is 32.1. The number of ether oxygens (including phenoxy) is 4. The third-order valence-electron chi connectivity index (χ3n) is 11.9. The second-order valence-electron chi connectivity index (χ2n) is 18.0. The Kier molecular flexibility index (Phi) is 12.7. The van der Waals surface area contributed by atoms with E-state index in [1.54, 1.807) is 24.5 Å². The molecule has 0 unspecified atom stereocenters. The fourth-order valence-corrected chi connectivity index (χ4v) is 11.0. The Balaban J connectivity index is 0.000000181. The lowest BCUT2D eigenvalue weighted by Gasteiger charge is -2.40. The van der Waals surface area contributed by atoms with Crippen molar-refractivity contribution in [3.63, 3.8) is 0 Å². The number of fused-ring (bicyclic) bond motifs is 3. The molecule has 10 nitrogen and oxygen atoms in total. The van der Waals surface area contributed by atoms with Gasteiger partial charge in [-0.1, -0.05) is 42.8 Å². The van der Waals surface area contributed by atoms with Crippen molar-refractivity contribution in [3.8, 4) is 17.2 Å². The quantitative estimate of drug-likeness (QED) is 0.140. The number of hydrogen-bond acceptors (Lipinski definition) is 10. The number of methoxy groups -OCH3 is 1. The van der Waals surface area contributed by atoms with Gasteiger partial charge in [0.15, 0.2) is 11.5 Å². The van der Waals surface area contributed by atoms with Crippen molar-refractivity contribution in [2.75, 3.05) is 33.3 Å². The van der Waals surface area contributed by atoms with E-state index in [1.807, 2.05) is 61.8 Å². The Morgan fingerprint density at radius 2 is 1.52 bits per heavy atom. The van der Waals surface area contributed by atoms with Crippen LogP contribution < -0.4 is 19.5 Å². The molecule has 5 aromatic rings. The van der Waals surface area contributed by atoms with Gasteiger partial charge in [0.1, 0.15) is 5.60 Å². The highest BCUT2D eigenvalue weighted by molar-refractivity contribution is 7.19. The van der Waals surface area contributed by atoms with Crippen LogP contribution >= 0.6 is 22.7 Å². The minimum Gasteiger partial charge on any atom is -0.493 e. The summed E-state index contributed by atoms with van der Waals surface area (Å²) in [5.74, 6) is 0.854. The van der Waals surface area contributed by atoms with Crippen molar-refractivity contribution >= 4 is 54.8 Å². The highest BCUT2D eigenvalue weighted by Crippen LogP contribution is 2.47. The predicted molar refractivity (Wildman–Crippen MR) is 242 cm³/mol. The topological polar surface area (TPSA) is 92.8 Å². The number of likely N-dealkylation sites (tertiary alicyclic amines) is 2. The van der Waals surface area contributed by atoms with Gasteiger partial charge in [-0.05, 0) is 113 Å². The van der Waals surface area contributed by atoms with E-state index in [1.165, 1.54) is 55.6 Å². The molecule has 1 N–H and O–H groups in total. The summed E-state index contributed by atoms with van der Waals surface area (Å²) in [4.78, 5) is 35.5. The van der Waals surface area contributed by atoms with Crippen LogP contribution in [0.15, 0.2) is 72.8 Å². The molecule has 12 heteroatoms. The van der Waals surface area contributed by atoms with Crippen molar-refractivity contribution in [1.29, 1.82) is 0 Å². The summed E-state index contributed by atoms with van der Waals surface area (Å²) < 4.78 is 25.6. The zero-order valence-corrected chi connectivity index (χ0v) is 37.6. The molecule has 2 aromatic heterocycles. The second-order valence-corrected chi connectivity index (χ2v) is 20.4. The molecule has 60 heavy (non-hydrogen) atoms. The lowest BCUT2D eigenvalue weighted by Crippen LogP contribution is -2.48. The lowest BCUT2D eigenvalue weighted by molar-refractivity contribution is -0.0439. The number of nitrogens with one attached hydrogen (secondary N) is 1. The van der Waals surface area contributed by atoms with E-state index < -0.39 is 11.4 Å². The molecule has 1 saturated carbocycles. The Bertz CT molecular complexity index is 2230. The number of nitrogens with zero attached hydrogens (tertiary/aromatic N) is 3. The van der Waals surface area contributed by atoms with Crippen LogP contribution in [0.4, 0.5) is 4.79 Å². The van der Waals surface area contributed by atoms with Gasteiger partial charge in [-0.3, -0.25) is 9.69 Å². The number of hydrogen-bond donors (Lipinski definition) is 1. The molecular weight excluding hydrogens is 793 g/mol. The number of rotatable bonds is 11. The smallest absolute Gasteiger partial charge is 0.410 e. The Morgan fingerprint density at radius 3 is 2.18 bits per heavy atom. The lowest BCUT2D eigenvalue weighted by atomic mass is 9.91. The van der Waals surface area contributed by atoms with E-state index in [0.717, 1.165) is 52.0 Å². The van der Waals surface area contributed by atoms with Crippen LogP contribution in [0, 0.1) is 0 Å². The third kappa shape index (κ3) is 9.88. The van der Waals surface area contributed by atoms with Gasteiger partial charge in [0.25, 0.3) is 5.91 Å². The number of thiophene rings is 2. The summed E-state index contributed by atoms with van der Waals surface area (Å²) in [5.41, 5.74) is 0.135. The van der Waals surface area contributed by atoms with E-state index in [2.05, 4.69) is 70.9 Å². The molecule has 1 aliphatic carbocycles. The van der Waals surface area contributed by atoms with Crippen LogP contribution in [0.2, 0.25) is 0 Å². The van der Waals surface area contributed by atoms with Crippen LogP contribution in [0.1, 0.15) is 99.7 Å². The van der Waals surface area contributed by atoms with E-state index >= 15 is 0 Å². The molecule has 320 valence electrons. The van der Waals surface area contributed by atoms with Gasteiger partial charge >= 0.3 is 6.09 Å². The normalized spacial score (nSPS) is 19.9. The molecule has 0 bridgehead atoms. The van der Waals surface area contributed by atoms with Crippen LogP contribution in [-0.4, -0.2) is 89.5 Å². The second kappa shape index (κ2) is 17.9. The maximum absolute atomic E-state index is 14.1. The molecule has 3 aliphatic heterocycles. The first-order chi connectivity index (χ1) is 28.8. The molecular formula is C48H60N4O6S2. The fraction of sp³-hybridized carbons (Fsp3) is 0.500. The molecule has 2 saturated heterocycles. The van der Waals surface area contributed by atoms with E-state index in [9.17, 15) is 9.59 Å². The minimum absolute atomic E-state index is 0.00215. The van der Waals surface area contributed by atoms with Crippen molar-refractivity contribution in [2.24, 2.45) is 0 Å². The summed E-state index contributed by atoms with van der Waals surface area (Å²) in [6.45, 7) is 14.4. The van der Waals surface area contributed by atoms with Gasteiger partial charge in [-0.2, -0.15) is 0 Å². The molecule has 3 fully saturated rings. The van der Waals surface area contributed by atoms with Crippen LogP contribution in [-0.2, 0) is 17.8 Å². The molecule has 4 aliphatic rings. The molecule has 0 radical (unpaired) electrons. The number of carbonyl (C=O) groups excluding carboxylic acids is 2. The Hall–Kier alpha value is -4.36. The highest BCUT2D eigenvalue weighted by Gasteiger charge is 2.38. The van der Waals surface area contributed by atoms with Gasteiger partial charge in [0.2, 0.25) is 11.5 Å². The van der Waals surface area contributed by atoms with Crippen molar-refractivity contribution in [1.82, 2.24) is 20.0 Å². The molecule has 2 amide bonds. The molecule has 0 spiro atoms. The Labute approximate surface area is 362 Å². The van der Waals surface area contributed by atoms with Gasteiger partial charge in [0.05, 0.1) is 13.7 Å². The zero-order chi connectivity index (χ0) is 42.0. The zero-order valence-electron chi connectivity index (χ0n) is 36.0. The van der Waals surface area contributed by atoms with Crippen LogP contribution in [0.5, 0.6) is 17.2 Å². The van der Waals surface area contributed by atoms with Crippen LogP contribution in [0.25, 0.3) is 20.2 Å². The van der Waals surface area contributed by atoms with E-state index in [4.69, 9.17) is 18.9 Å². The number of amides is 2. The monoisotopic (exact) mass is 852 g/mol. The van der Waals surface area contributed by atoms with Crippen molar-refractivity contribution in [3.05, 3.63) is 88.1 Å². The molecule has 3 aromatic carbocycles. The van der Waals surface area contributed by atoms with Crippen molar-refractivity contribution < 1.29 is 28.5 Å². The molecule has 9 rings (SSSR count). The first kappa shape index (κ1) is 42.3.